The van der Waals surface area contributed by atoms with Gasteiger partial charge in [0, 0.05) is 24.6 Å². The van der Waals surface area contributed by atoms with E-state index in [9.17, 15) is 39.3 Å². The van der Waals surface area contributed by atoms with Crippen molar-refractivity contribution in [1.29, 1.82) is 0 Å². The predicted octanol–water partition coefficient (Wildman–Crippen LogP) is 5.44. The molecule has 2 aromatic heterocycles. The van der Waals surface area contributed by atoms with Gasteiger partial charge in [0.1, 0.15) is 5.69 Å². The van der Waals surface area contributed by atoms with Crippen molar-refractivity contribution in [3.8, 4) is 11.5 Å². The lowest BCUT2D eigenvalue weighted by Crippen LogP contribution is -2.33. The number of halogens is 8. The highest BCUT2D eigenvalue weighted by Gasteiger charge is 2.58. The summed E-state index contributed by atoms with van der Waals surface area (Å²) in [6, 6.07) is 2.78. The minimum absolute atomic E-state index is 0.0398. The Kier molecular flexibility index (Phi) is 5.61. The third kappa shape index (κ3) is 4.02. The molecule has 0 aliphatic rings. The first kappa shape index (κ1) is 23.1. The van der Waals surface area contributed by atoms with E-state index in [2.05, 4.69) is 9.97 Å². The maximum Gasteiger partial charge on any atom is 0.458 e. The summed E-state index contributed by atoms with van der Waals surface area (Å²) >= 11 is 0. The van der Waals surface area contributed by atoms with Gasteiger partial charge in [0.25, 0.3) is 0 Å². The van der Waals surface area contributed by atoms with E-state index in [0.717, 1.165) is 6.07 Å². The quantitative estimate of drug-likeness (QED) is 0.477. The van der Waals surface area contributed by atoms with Gasteiger partial charge < -0.3 is 4.57 Å². The third-order valence-corrected chi connectivity index (χ3v) is 5.82. The Morgan fingerprint density at radius 3 is 2.19 bits per heavy atom. The second kappa shape index (κ2) is 7.53. The van der Waals surface area contributed by atoms with Gasteiger partial charge in [-0.15, -0.1) is 0 Å². The molecule has 2 heterocycles. The summed E-state index contributed by atoms with van der Waals surface area (Å²) in [4.78, 5) is 7.44. The number of hydrogen-bond donors (Lipinski definition) is 0. The van der Waals surface area contributed by atoms with Gasteiger partial charge in [-0.05, 0) is 18.2 Å². The standard InChI is InChI=1S/C18H13F8N3OS/c1-3-31(30)13-7-10(17(21,22)23)8-27-14(13)15-28-11-6-9(4-5-12(11)29(15)2)16(19,20)18(24,25)26/h4-8H,3H2,1-2H3. The Morgan fingerprint density at radius 2 is 1.65 bits per heavy atom. The number of nitrogens with zero attached hydrogens (tertiary/aromatic N) is 3. The molecule has 168 valence electrons. The van der Waals surface area contributed by atoms with Crippen LogP contribution in [0.15, 0.2) is 35.4 Å². The Bertz CT molecular complexity index is 1170. The molecule has 4 nitrogen and oxygen atoms in total. The predicted molar refractivity (Wildman–Crippen MR) is 95.8 cm³/mol. The van der Waals surface area contributed by atoms with E-state index in [4.69, 9.17) is 0 Å². The van der Waals surface area contributed by atoms with Gasteiger partial charge in [-0.25, -0.2) is 4.98 Å². The van der Waals surface area contributed by atoms with Crippen LogP contribution in [0.3, 0.4) is 0 Å². The van der Waals surface area contributed by atoms with E-state index in [0.29, 0.717) is 24.4 Å². The number of benzene rings is 1. The molecule has 0 saturated heterocycles. The number of imidazole rings is 1. The van der Waals surface area contributed by atoms with Gasteiger partial charge in [-0.2, -0.15) is 35.1 Å². The zero-order valence-electron chi connectivity index (χ0n) is 15.8. The Balaban J connectivity index is 2.22. The topological polar surface area (TPSA) is 47.8 Å². The molecule has 0 amide bonds. The molecule has 1 unspecified atom stereocenters. The molecular formula is C18H13F8N3OS. The SMILES string of the molecule is CCS(=O)c1cc(C(F)(F)F)cnc1-c1nc2cc(C(F)(F)C(F)(F)F)ccc2n1C. The van der Waals surface area contributed by atoms with Crippen LogP contribution < -0.4 is 0 Å². The molecule has 31 heavy (non-hydrogen) atoms. The summed E-state index contributed by atoms with van der Waals surface area (Å²) in [5.41, 5.74) is -2.80. The molecule has 0 radical (unpaired) electrons. The van der Waals surface area contributed by atoms with Crippen LogP contribution >= 0.6 is 0 Å². The van der Waals surface area contributed by atoms with E-state index >= 15 is 0 Å². The van der Waals surface area contributed by atoms with Gasteiger partial charge in [0.15, 0.2) is 5.82 Å². The lowest BCUT2D eigenvalue weighted by molar-refractivity contribution is -0.289. The molecule has 0 aliphatic heterocycles. The highest BCUT2D eigenvalue weighted by atomic mass is 32.2. The minimum Gasteiger partial charge on any atom is -0.326 e. The zero-order valence-corrected chi connectivity index (χ0v) is 16.6. The smallest absolute Gasteiger partial charge is 0.326 e. The summed E-state index contributed by atoms with van der Waals surface area (Å²) in [6.45, 7) is 1.47. The highest BCUT2D eigenvalue weighted by molar-refractivity contribution is 7.85. The van der Waals surface area contributed by atoms with Gasteiger partial charge in [0.05, 0.1) is 32.3 Å². The van der Waals surface area contributed by atoms with E-state index in [1.165, 1.54) is 18.5 Å². The average molecular weight is 471 g/mol. The molecule has 0 aliphatic carbocycles. The van der Waals surface area contributed by atoms with Gasteiger partial charge >= 0.3 is 18.3 Å². The summed E-state index contributed by atoms with van der Waals surface area (Å²) < 4.78 is 118. The number of fused-ring (bicyclic) bond motifs is 1. The van der Waals surface area contributed by atoms with Gasteiger partial charge in [-0.1, -0.05) is 13.0 Å². The van der Waals surface area contributed by atoms with Crippen LogP contribution in [0, 0.1) is 0 Å². The van der Waals surface area contributed by atoms with E-state index in [-0.39, 0.29) is 33.2 Å². The fraction of sp³-hybridized carbons (Fsp3) is 0.333. The molecule has 0 saturated carbocycles. The number of pyridine rings is 1. The summed E-state index contributed by atoms with van der Waals surface area (Å²) in [6.07, 6.45) is -10.1. The Hall–Kier alpha value is -2.57. The monoisotopic (exact) mass is 471 g/mol. The lowest BCUT2D eigenvalue weighted by Gasteiger charge is -2.19. The Labute approximate surface area is 172 Å². The average Bonchev–Trinajstić information content (AvgIpc) is 3.01. The minimum atomic E-state index is -5.82. The molecule has 3 rings (SSSR count). The van der Waals surface area contributed by atoms with Crippen molar-refractivity contribution in [2.24, 2.45) is 7.05 Å². The molecular weight excluding hydrogens is 458 g/mol. The van der Waals surface area contributed by atoms with E-state index < -0.39 is 40.2 Å². The first-order valence-corrected chi connectivity index (χ1v) is 9.87. The van der Waals surface area contributed by atoms with Crippen molar-refractivity contribution < 1.29 is 39.3 Å². The maximum absolute atomic E-state index is 13.7. The van der Waals surface area contributed by atoms with Gasteiger partial charge in [-0.3, -0.25) is 9.19 Å². The van der Waals surface area contributed by atoms with Crippen LogP contribution in [-0.2, 0) is 29.9 Å². The maximum atomic E-state index is 13.7. The van der Waals surface area contributed by atoms with Crippen molar-refractivity contribution in [3.05, 3.63) is 41.6 Å². The molecule has 1 aromatic carbocycles. The van der Waals surface area contributed by atoms with Crippen LogP contribution in [0.25, 0.3) is 22.6 Å². The molecule has 0 fully saturated rings. The van der Waals surface area contributed by atoms with Gasteiger partial charge in [0.2, 0.25) is 0 Å². The number of alkyl halides is 8. The normalized spacial score (nSPS) is 14.3. The van der Waals surface area contributed by atoms with Crippen molar-refractivity contribution in [1.82, 2.24) is 14.5 Å². The van der Waals surface area contributed by atoms with Crippen LogP contribution in [0.5, 0.6) is 0 Å². The second-order valence-corrected chi connectivity index (χ2v) is 8.18. The fourth-order valence-electron chi connectivity index (χ4n) is 2.87. The molecule has 0 N–H and O–H groups in total. The summed E-state index contributed by atoms with van der Waals surface area (Å²) in [7, 11) is -0.513. The first-order chi connectivity index (χ1) is 14.2. The molecule has 0 spiro atoms. The molecule has 3 aromatic rings. The largest absolute Gasteiger partial charge is 0.458 e. The Morgan fingerprint density at radius 1 is 1.00 bits per heavy atom. The number of rotatable bonds is 4. The van der Waals surface area contributed by atoms with Crippen molar-refractivity contribution in [2.45, 2.75) is 30.1 Å². The third-order valence-electron chi connectivity index (χ3n) is 4.50. The van der Waals surface area contributed by atoms with Crippen molar-refractivity contribution in [2.75, 3.05) is 5.75 Å². The fourth-order valence-corrected chi connectivity index (χ4v) is 3.80. The van der Waals surface area contributed by atoms with Crippen molar-refractivity contribution >= 4 is 21.8 Å². The molecule has 13 heteroatoms. The van der Waals surface area contributed by atoms with Crippen LogP contribution in [0.2, 0.25) is 0 Å². The van der Waals surface area contributed by atoms with Crippen LogP contribution in [-0.4, -0.2) is 30.7 Å². The molecule has 0 bridgehead atoms. The summed E-state index contributed by atoms with van der Waals surface area (Å²) in [5.74, 6) is -5.30. The van der Waals surface area contributed by atoms with E-state index in [1.807, 2.05) is 0 Å². The van der Waals surface area contributed by atoms with E-state index in [1.54, 1.807) is 0 Å². The number of hydrogen-bond acceptors (Lipinski definition) is 3. The number of aryl methyl sites for hydroxylation is 1. The first-order valence-electron chi connectivity index (χ1n) is 8.56. The summed E-state index contributed by atoms with van der Waals surface area (Å²) in [5, 5.41) is 0. The number of aromatic nitrogens is 3. The molecule has 1 atom stereocenters. The highest BCUT2D eigenvalue weighted by Crippen LogP contribution is 2.44. The van der Waals surface area contributed by atoms with Crippen molar-refractivity contribution in [3.63, 3.8) is 0 Å². The zero-order chi connectivity index (χ0) is 23.4. The van der Waals surface area contributed by atoms with Crippen LogP contribution in [0.1, 0.15) is 18.1 Å². The second-order valence-electron chi connectivity index (χ2n) is 6.47. The van der Waals surface area contributed by atoms with Crippen LogP contribution in [0.4, 0.5) is 35.1 Å². The lowest BCUT2D eigenvalue weighted by atomic mass is 10.1.